The maximum absolute atomic E-state index is 15.0. The van der Waals surface area contributed by atoms with Crippen LogP contribution in [0.2, 0.25) is 0 Å². The van der Waals surface area contributed by atoms with E-state index in [9.17, 15) is 0 Å². The molecule has 2 nitrogen and oxygen atoms in total. The average molecular weight is 266 g/mol. The Bertz CT molecular complexity index is 600. The second-order valence-electron chi connectivity index (χ2n) is 4.94. The molecule has 2 aromatic rings. The summed E-state index contributed by atoms with van der Waals surface area (Å²) in [5.74, 6) is -1.99. The number of halogens is 1. The Kier molecular flexibility index (Phi) is 3.17. The average Bonchev–Trinajstić information content (AvgIpc) is 2.67. The van der Waals surface area contributed by atoms with Crippen molar-refractivity contribution in [1.82, 2.24) is 0 Å². The van der Waals surface area contributed by atoms with Crippen LogP contribution in [0, 0.1) is 0 Å². The van der Waals surface area contributed by atoms with Crippen molar-refractivity contribution >= 4 is 19.2 Å². The number of para-hydroxylation sites is 2. The van der Waals surface area contributed by atoms with Crippen molar-refractivity contribution in [3.8, 4) is 0 Å². The predicted octanol–water partition coefficient (Wildman–Crippen LogP) is 3.28. The van der Waals surface area contributed by atoms with Gasteiger partial charge in [0.25, 0.3) is 0 Å². The van der Waals surface area contributed by atoms with E-state index in [1.807, 2.05) is 61.5 Å². The molecule has 2 radical (unpaired) electrons. The highest BCUT2D eigenvalue weighted by atomic mass is 19.1. The summed E-state index contributed by atoms with van der Waals surface area (Å²) < 4.78 is 15.0. The van der Waals surface area contributed by atoms with Gasteiger partial charge in [-0.2, -0.15) is 0 Å². The summed E-state index contributed by atoms with van der Waals surface area (Å²) in [6.07, 6.45) is 0. The topological polar surface area (TPSA) is 6.48 Å². The van der Waals surface area contributed by atoms with E-state index in [-0.39, 0.29) is 0 Å². The number of rotatable bonds is 3. The van der Waals surface area contributed by atoms with Crippen LogP contribution in [0.3, 0.4) is 0 Å². The third-order valence-electron chi connectivity index (χ3n) is 3.72. The molecule has 0 saturated carbocycles. The van der Waals surface area contributed by atoms with E-state index < -0.39 is 5.82 Å². The third kappa shape index (κ3) is 1.96. The fourth-order valence-electron chi connectivity index (χ4n) is 2.76. The van der Waals surface area contributed by atoms with Crippen LogP contribution in [0.1, 0.15) is 12.5 Å². The molecule has 2 aromatic carbocycles. The first-order chi connectivity index (χ1) is 9.64. The molecule has 0 spiro atoms. The minimum atomic E-state index is -1.99. The van der Waals surface area contributed by atoms with Crippen molar-refractivity contribution in [2.75, 3.05) is 16.3 Å². The molecular weight excluding hydrogens is 250 g/mol. The molecule has 4 heteroatoms. The Morgan fingerprint density at radius 2 is 1.50 bits per heavy atom. The molecule has 0 fully saturated rings. The molecule has 1 aliphatic rings. The van der Waals surface area contributed by atoms with Gasteiger partial charge in [0.05, 0.1) is 11.4 Å². The molecule has 0 bridgehead atoms. The molecule has 0 N–H and O–H groups in total. The molecule has 0 amide bonds. The number of fused-ring (bicyclic) bond motifs is 1. The lowest BCUT2D eigenvalue weighted by atomic mass is 9.99. The lowest BCUT2D eigenvalue weighted by molar-refractivity contribution is 0.264. The van der Waals surface area contributed by atoms with Gasteiger partial charge in [-0.1, -0.05) is 42.5 Å². The molecule has 100 valence electrons. The van der Waals surface area contributed by atoms with E-state index in [1.165, 1.54) is 0 Å². The van der Waals surface area contributed by atoms with E-state index in [2.05, 4.69) is 0 Å². The second-order valence-corrected chi connectivity index (χ2v) is 4.94. The normalized spacial score (nSPS) is 21.1. The standard InChI is InChI=1S/C16H16BFN2/c1-2-19-14-10-6-7-11-15(14)20(16(19,17)18)12-13-8-4-3-5-9-13/h3-11H,2,12H2,1H3. The van der Waals surface area contributed by atoms with Gasteiger partial charge in [-0.05, 0) is 24.6 Å². The summed E-state index contributed by atoms with van der Waals surface area (Å²) in [7, 11) is 5.96. The number of alkyl halides is 1. The number of hydrogen-bond donors (Lipinski definition) is 0. The molecule has 3 rings (SSSR count). The number of nitrogens with zero attached hydrogens (tertiary/aromatic N) is 2. The monoisotopic (exact) mass is 266 g/mol. The summed E-state index contributed by atoms with van der Waals surface area (Å²) in [5, 5.41) is 0. The Hall–Kier alpha value is -1.97. The molecule has 1 unspecified atom stereocenters. The van der Waals surface area contributed by atoms with E-state index in [1.54, 1.807) is 9.80 Å². The zero-order valence-electron chi connectivity index (χ0n) is 11.5. The maximum Gasteiger partial charge on any atom is 0.207 e. The first-order valence-corrected chi connectivity index (χ1v) is 6.80. The van der Waals surface area contributed by atoms with Crippen molar-refractivity contribution < 1.29 is 4.39 Å². The molecule has 0 saturated heterocycles. The van der Waals surface area contributed by atoms with Crippen molar-refractivity contribution in [2.24, 2.45) is 0 Å². The van der Waals surface area contributed by atoms with Gasteiger partial charge in [-0.15, -0.1) is 0 Å². The number of hydrogen-bond acceptors (Lipinski definition) is 2. The molecule has 1 atom stereocenters. The van der Waals surface area contributed by atoms with Crippen LogP contribution in [0.25, 0.3) is 0 Å². The van der Waals surface area contributed by atoms with E-state index in [0.29, 0.717) is 13.1 Å². The Morgan fingerprint density at radius 1 is 0.950 bits per heavy atom. The zero-order valence-corrected chi connectivity index (χ0v) is 11.5. The number of benzene rings is 2. The van der Waals surface area contributed by atoms with Crippen molar-refractivity contribution in [3.63, 3.8) is 0 Å². The maximum atomic E-state index is 15.0. The highest BCUT2D eigenvalue weighted by molar-refractivity contribution is 6.19. The largest absolute Gasteiger partial charge is 0.330 e. The SMILES string of the molecule is [B]C1(F)N(CC)c2ccccc2N1Cc1ccccc1. The van der Waals surface area contributed by atoms with Crippen LogP contribution in [0.15, 0.2) is 54.6 Å². The van der Waals surface area contributed by atoms with Gasteiger partial charge in [0.1, 0.15) is 0 Å². The van der Waals surface area contributed by atoms with Gasteiger partial charge in [-0.3, -0.25) is 0 Å². The van der Waals surface area contributed by atoms with Crippen LogP contribution in [-0.2, 0) is 6.54 Å². The first kappa shape index (κ1) is 13.0. The molecule has 0 aromatic heterocycles. The van der Waals surface area contributed by atoms with Gasteiger partial charge >= 0.3 is 0 Å². The summed E-state index contributed by atoms with van der Waals surface area (Å²) in [6, 6.07) is 17.4. The van der Waals surface area contributed by atoms with Gasteiger partial charge in [0.15, 0.2) is 7.85 Å². The van der Waals surface area contributed by atoms with Crippen LogP contribution < -0.4 is 9.80 Å². The summed E-state index contributed by atoms with van der Waals surface area (Å²) in [6.45, 7) is 2.88. The van der Waals surface area contributed by atoms with Crippen LogP contribution in [0.5, 0.6) is 0 Å². The fraction of sp³-hybridized carbons (Fsp3) is 0.250. The minimum absolute atomic E-state index is 0.446. The van der Waals surface area contributed by atoms with Gasteiger partial charge in [0.2, 0.25) is 5.82 Å². The molecular formula is C16H16BFN2. The molecule has 0 aliphatic carbocycles. The first-order valence-electron chi connectivity index (χ1n) is 6.80. The van der Waals surface area contributed by atoms with Crippen LogP contribution in [-0.4, -0.2) is 20.2 Å². The molecule has 1 heterocycles. The van der Waals surface area contributed by atoms with E-state index >= 15 is 4.39 Å². The number of anilines is 2. The zero-order chi connectivity index (χ0) is 14.2. The third-order valence-corrected chi connectivity index (χ3v) is 3.72. The second kappa shape index (κ2) is 4.86. The Morgan fingerprint density at radius 3 is 2.10 bits per heavy atom. The fourth-order valence-corrected chi connectivity index (χ4v) is 2.76. The quantitative estimate of drug-likeness (QED) is 0.621. The van der Waals surface area contributed by atoms with Gasteiger partial charge < -0.3 is 9.80 Å². The Labute approximate surface area is 120 Å². The predicted molar refractivity (Wildman–Crippen MR) is 81.7 cm³/mol. The van der Waals surface area contributed by atoms with Crippen molar-refractivity contribution in [1.29, 1.82) is 0 Å². The lowest BCUT2D eigenvalue weighted by Gasteiger charge is -2.37. The van der Waals surface area contributed by atoms with Crippen molar-refractivity contribution in [2.45, 2.75) is 19.3 Å². The van der Waals surface area contributed by atoms with Crippen LogP contribution in [0.4, 0.5) is 15.8 Å². The Balaban J connectivity index is 2.01. The summed E-state index contributed by atoms with van der Waals surface area (Å²) in [5.41, 5.74) is 2.71. The molecule has 20 heavy (non-hydrogen) atoms. The highest BCUT2D eigenvalue weighted by Gasteiger charge is 2.44. The van der Waals surface area contributed by atoms with E-state index in [4.69, 9.17) is 7.85 Å². The van der Waals surface area contributed by atoms with Gasteiger partial charge in [0, 0.05) is 13.1 Å². The van der Waals surface area contributed by atoms with E-state index in [0.717, 1.165) is 16.9 Å². The highest BCUT2D eigenvalue weighted by Crippen LogP contribution is 2.44. The minimum Gasteiger partial charge on any atom is -0.330 e. The van der Waals surface area contributed by atoms with Crippen molar-refractivity contribution in [3.05, 3.63) is 60.2 Å². The lowest BCUT2D eigenvalue weighted by Crippen LogP contribution is -2.54. The smallest absolute Gasteiger partial charge is 0.207 e. The summed E-state index contributed by atoms with van der Waals surface area (Å²) >= 11 is 0. The van der Waals surface area contributed by atoms with Crippen LogP contribution >= 0.6 is 0 Å². The molecule has 1 aliphatic heterocycles. The van der Waals surface area contributed by atoms with Gasteiger partial charge in [-0.25, -0.2) is 4.39 Å². The summed E-state index contributed by atoms with van der Waals surface area (Å²) in [4.78, 5) is 3.20.